The highest BCUT2D eigenvalue weighted by Crippen LogP contribution is 2.31. The van der Waals surface area contributed by atoms with Crippen molar-refractivity contribution in [2.75, 3.05) is 18.4 Å². The van der Waals surface area contributed by atoms with Crippen LogP contribution in [0.25, 0.3) is 16.3 Å². The Labute approximate surface area is 235 Å². The number of rotatable bonds is 8. The predicted molar refractivity (Wildman–Crippen MR) is 153 cm³/mol. The molecule has 3 N–H and O–H groups in total. The molecule has 0 saturated carbocycles. The number of benzene rings is 2. The molecule has 0 spiro atoms. The fourth-order valence-electron chi connectivity index (χ4n) is 5.16. The maximum absolute atomic E-state index is 10.9. The average Bonchev–Trinajstić information content (AvgIpc) is 3.37. The molecule has 2 aromatic carbocycles. The van der Waals surface area contributed by atoms with Crippen LogP contribution < -0.4 is 15.4 Å². The first-order chi connectivity index (χ1) is 19.5. The lowest BCUT2D eigenvalue weighted by Crippen LogP contribution is -2.43. The summed E-state index contributed by atoms with van der Waals surface area (Å²) in [5, 5.41) is 22.0. The molecule has 0 unspecified atom stereocenters. The van der Waals surface area contributed by atoms with E-state index in [9.17, 15) is 4.79 Å². The van der Waals surface area contributed by atoms with Gasteiger partial charge in [0.15, 0.2) is 5.82 Å². The molecule has 5 aromatic rings. The number of ether oxygens (including phenoxy) is 1. The van der Waals surface area contributed by atoms with Gasteiger partial charge in [0.05, 0.1) is 10.7 Å². The van der Waals surface area contributed by atoms with Gasteiger partial charge in [0, 0.05) is 49.1 Å². The van der Waals surface area contributed by atoms with Gasteiger partial charge in [-0.2, -0.15) is 5.10 Å². The average molecular weight is 558 g/mol. The third-order valence-corrected chi connectivity index (χ3v) is 7.46. The molecule has 10 nitrogen and oxygen atoms in total. The van der Waals surface area contributed by atoms with E-state index < -0.39 is 6.09 Å². The lowest BCUT2D eigenvalue weighted by atomic mass is 10.0. The minimum absolute atomic E-state index is 0.0000868. The zero-order chi connectivity index (χ0) is 27.5. The Bertz CT molecular complexity index is 1660. The number of hydrogen-bond acceptors (Lipinski definition) is 7. The van der Waals surface area contributed by atoms with E-state index in [0.717, 1.165) is 59.2 Å². The van der Waals surface area contributed by atoms with E-state index in [1.807, 2.05) is 54.7 Å². The lowest BCUT2D eigenvalue weighted by molar-refractivity contribution is 0.165. The van der Waals surface area contributed by atoms with Crippen molar-refractivity contribution < 1.29 is 14.6 Å². The van der Waals surface area contributed by atoms with Gasteiger partial charge in [-0.15, -0.1) is 0 Å². The highest BCUT2D eigenvalue weighted by atomic mass is 35.5. The zero-order valence-corrected chi connectivity index (χ0v) is 22.4. The summed E-state index contributed by atoms with van der Waals surface area (Å²) >= 11 is 6.61. The van der Waals surface area contributed by atoms with Crippen molar-refractivity contribution in [1.29, 1.82) is 0 Å². The molecule has 40 heavy (non-hydrogen) atoms. The van der Waals surface area contributed by atoms with Gasteiger partial charge in [-0.05, 0) is 54.1 Å². The molecule has 1 aliphatic rings. The van der Waals surface area contributed by atoms with Crippen LogP contribution in [0.4, 0.5) is 16.3 Å². The smallest absolute Gasteiger partial charge is 0.404 e. The monoisotopic (exact) mass is 557 g/mol. The number of piperidine rings is 1. The van der Waals surface area contributed by atoms with Crippen LogP contribution >= 0.6 is 11.6 Å². The summed E-state index contributed by atoms with van der Waals surface area (Å²) in [5.41, 5.74) is 3.59. The van der Waals surface area contributed by atoms with E-state index in [2.05, 4.69) is 36.7 Å². The Morgan fingerprint density at radius 1 is 1.10 bits per heavy atom. The molecule has 0 radical (unpaired) electrons. The minimum Gasteiger partial charge on any atom is -0.486 e. The van der Waals surface area contributed by atoms with Crippen molar-refractivity contribution in [3.8, 4) is 5.75 Å². The van der Waals surface area contributed by atoms with Crippen molar-refractivity contribution in [3.63, 3.8) is 0 Å². The number of fused-ring (bicyclic) bond motifs is 2. The number of anilines is 2. The minimum atomic E-state index is -0.966. The highest BCUT2D eigenvalue weighted by Gasteiger charge is 2.22. The molecule has 0 aliphatic carbocycles. The van der Waals surface area contributed by atoms with Gasteiger partial charge in [0.25, 0.3) is 0 Å². The molecule has 3 aromatic heterocycles. The fourth-order valence-corrected chi connectivity index (χ4v) is 5.40. The molecular formula is C29H28ClN7O3. The molecule has 11 heteroatoms. The molecule has 0 atom stereocenters. The van der Waals surface area contributed by atoms with Gasteiger partial charge in [0.2, 0.25) is 0 Å². The molecule has 1 fully saturated rings. The van der Waals surface area contributed by atoms with Crippen LogP contribution in [-0.2, 0) is 13.2 Å². The highest BCUT2D eigenvalue weighted by molar-refractivity contribution is 6.32. The van der Waals surface area contributed by atoms with Crippen molar-refractivity contribution >= 4 is 45.5 Å². The Kier molecular flexibility index (Phi) is 7.35. The van der Waals surface area contributed by atoms with E-state index >= 15 is 0 Å². The Hall–Kier alpha value is -4.41. The standard InChI is InChI=1S/C29H28ClN7O3/c30-24-15-22(5-6-26(24)40-17-25-23-4-2-1-3-19(23)7-11-31-25)34-28-27-20(8-14-37(27)33-18-32-28)16-36-12-9-21(10-13-36)35-29(38)39/h1-8,11,14-15,18,21,35H,9-10,12-13,16-17H2,(H,38,39)(H,32,33,34). The number of nitrogens with one attached hydrogen (secondary N) is 2. The van der Waals surface area contributed by atoms with Crippen LogP contribution in [0, 0.1) is 0 Å². The van der Waals surface area contributed by atoms with Gasteiger partial charge in [-0.3, -0.25) is 9.88 Å². The number of carbonyl (C=O) groups is 1. The van der Waals surface area contributed by atoms with Gasteiger partial charge in [-0.25, -0.2) is 14.3 Å². The topological polar surface area (TPSA) is 117 Å². The molecule has 1 aliphatic heterocycles. The van der Waals surface area contributed by atoms with Crippen LogP contribution in [0.5, 0.6) is 5.75 Å². The first-order valence-electron chi connectivity index (χ1n) is 13.1. The summed E-state index contributed by atoms with van der Waals surface area (Å²) in [4.78, 5) is 22.3. The van der Waals surface area contributed by atoms with E-state index in [-0.39, 0.29) is 6.04 Å². The van der Waals surface area contributed by atoms with E-state index in [1.165, 1.54) is 6.33 Å². The quantitative estimate of drug-likeness (QED) is 0.229. The van der Waals surface area contributed by atoms with Crippen LogP contribution in [0.3, 0.4) is 0 Å². The number of amides is 1. The molecular weight excluding hydrogens is 530 g/mol. The van der Waals surface area contributed by atoms with E-state index in [1.54, 1.807) is 10.7 Å². The molecule has 1 saturated heterocycles. The number of hydrogen-bond donors (Lipinski definition) is 3. The van der Waals surface area contributed by atoms with Gasteiger partial charge < -0.3 is 20.5 Å². The fraction of sp³-hybridized carbons (Fsp3) is 0.241. The summed E-state index contributed by atoms with van der Waals surface area (Å²) in [5.74, 6) is 1.24. The Balaban J connectivity index is 1.15. The predicted octanol–water partition coefficient (Wildman–Crippen LogP) is 5.49. The number of likely N-dealkylation sites (tertiary alicyclic amines) is 1. The number of nitrogens with zero attached hydrogens (tertiary/aromatic N) is 5. The summed E-state index contributed by atoms with van der Waals surface area (Å²) in [6, 6.07) is 17.7. The molecule has 204 valence electrons. The SMILES string of the molecule is O=C(O)NC1CCN(Cc2ccn3ncnc(Nc4ccc(OCc5nccc6ccccc56)c(Cl)c4)c23)CC1. The summed E-state index contributed by atoms with van der Waals surface area (Å²) < 4.78 is 7.84. The number of aromatic nitrogens is 4. The van der Waals surface area contributed by atoms with Crippen LogP contribution in [-0.4, -0.2) is 54.8 Å². The second-order valence-electron chi connectivity index (χ2n) is 9.78. The van der Waals surface area contributed by atoms with Crippen LogP contribution in [0.15, 0.2) is 73.3 Å². The molecule has 1 amide bonds. The molecule has 6 rings (SSSR count). The third-order valence-electron chi connectivity index (χ3n) is 7.16. The summed E-state index contributed by atoms with van der Waals surface area (Å²) in [6.45, 7) is 2.64. The third kappa shape index (κ3) is 5.63. The lowest BCUT2D eigenvalue weighted by Gasteiger charge is -2.31. The Morgan fingerprint density at radius 2 is 1.95 bits per heavy atom. The first-order valence-corrected chi connectivity index (χ1v) is 13.5. The first kappa shape index (κ1) is 25.8. The second-order valence-corrected chi connectivity index (χ2v) is 10.2. The van der Waals surface area contributed by atoms with Gasteiger partial charge in [0.1, 0.15) is 24.2 Å². The number of carboxylic acid groups (broad SMARTS) is 1. The van der Waals surface area contributed by atoms with Crippen molar-refractivity contribution in [3.05, 3.63) is 89.6 Å². The zero-order valence-electron chi connectivity index (χ0n) is 21.6. The van der Waals surface area contributed by atoms with Gasteiger partial charge >= 0.3 is 6.09 Å². The van der Waals surface area contributed by atoms with Crippen LogP contribution in [0.2, 0.25) is 5.02 Å². The normalized spacial score (nSPS) is 14.4. The maximum atomic E-state index is 10.9. The second kappa shape index (κ2) is 11.4. The maximum Gasteiger partial charge on any atom is 0.404 e. The van der Waals surface area contributed by atoms with Crippen molar-refractivity contribution in [1.82, 2.24) is 29.8 Å². The largest absolute Gasteiger partial charge is 0.486 e. The summed E-state index contributed by atoms with van der Waals surface area (Å²) in [6.07, 6.45) is 5.81. The molecule has 0 bridgehead atoms. The van der Waals surface area contributed by atoms with Crippen molar-refractivity contribution in [2.24, 2.45) is 0 Å². The van der Waals surface area contributed by atoms with E-state index in [0.29, 0.717) is 29.7 Å². The molecule has 4 heterocycles. The van der Waals surface area contributed by atoms with E-state index in [4.69, 9.17) is 21.4 Å². The van der Waals surface area contributed by atoms with Crippen LogP contribution in [0.1, 0.15) is 24.1 Å². The number of halogens is 1. The van der Waals surface area contributed by atoms with Crippen molar-refractivity contribution in [2.45, 2.75) is 32.0 Å². The van der Waals surface area contributed by atoms with Gasteiger partial charge in [-0.1, -0.05) is 35.9 Å². The number of pyridine rings is 1. The Morgan fingerprint density at radius 3 is 2.77 bits per heavy atom. The summed E-state index contributed by atoms with van der Waals surface area (Å²) in [7, 11) is 0.